The second-order valence-electron chi connectivity index (χ2n) is 3.38. The number of aromatic hydroxyl groups is 1. The SMILES string of the molecule is CC(=O)O.CC(C)c1cc(Br)ccc1O. The Balaban J connectivity index is 0.000000423. The molecule has 2 N–H and O–H groups in total. The van der Waals surface area contributed by atoms with Crippen molar-refractivity contribution in [3.05, 3.63) is 28.2 Å². The molecule has 0 fully saturated rings. The molecule has 0 spiro atoms. The first-order valence-electron chi connectivity index (χ1n) is 4.52. The molecule has 0 aliphatic carbocycles. The number of phenolic OH excluding ortho intramolecular Hbond substituents is 1. The fourth-order valence-corrected chi connectivity index (χ4v) is 1.37. The van der Waals surface area contributed by atoms with Gasteiger partial charge in [0.15, 0.2) is 0 Å². The predicted octanol–water partition coefficient (Wildman–Crippen LogP) is 3.37. The number of hydrogen-bond donors (Lipinski definition) is 2. The van der Waals surface area contributed by atoms with Crippen molar-refractivity contribution in [2.45, 2.75) is 26.7 Å². The van der Waals surface area contributed by atoms with Crippen LogP contribution in [0.4, 0.5) is 0 Å². The molecule has 3 nitrogen and oxygen atoms in total. The molecular weight excluding hydrogens is 260 g/mol. The van der Waals surface area contributed by atoms with Gasteiger partial charge in [0.25, 0.3) is 5.97 Å². The number of rotatable bonds is 1. The van der Waals surface area contributed by atoms with Crippen LogP contribution < -0.4 is 0 Å². The summed E-state index contributed by atoms with van der Waals surface area (Å²) in [6.45, 7) is 5.20. The molecule has 0 saturated heterocycles. The van der Waals surface area contributed by atoms with E-state index in [4.69, 9.17) is 9.90 Å². The zero-order chi connectivity index (χ0) is 12.0. The summed E-state index contributed by atoms with van der Waals surface area (Å²) in [4.78, 5) is 9.00. The molecule has 0 heterocycles. The Kier molecular flexibility index (Phi) is 6.01. The van der Waals surface area contributed by atoms with Crippen molar-refractivity contribution in [3.8, 4) is 5.75 Å². The maximum absolute atomic E-state index is 9.38. The van der Waals surface area contributed by atoms with Crippen LogP contribution in [0.25, 0.3) is 0 Å². The number of hydrogen-bond acceptors (Lipinski definition) is 2. The van der Waals surface area contributed by atoms with E-state index >= 15 is 0 Å². The minimum Gasteiger partial charge on any atom is -0.508 e. The summed E-state index contributed by atoms with van der Waals surface area (Å²) in [7, 11) is 0. The molecule has 0 radical (unpaired) electrons. The molecule has 4 heteroatoms. The van der Waals surface area contributed by atoms with Crippen LogP contribution in [0, 0.1) is 0 Å². The van der Waals surface area contributed by atoms with E-state index in [1.54, 1.807) is 6.07 Å². The number of phenols is 1. The molecule has 1 aromatic rings. The third kappa shape index (κ3) is 6.12. The van der Waals surface area contributed by atoms with Crippen molar-refractivity contribution in [2.24, 2.45) is 0 Å². The number of carboxylic acids is 1. The Hall–Kier alpha value is -1.03. The van der Waals surface area contributed by atoms with Crippen LogP contribution in [0.15, 0.2) is 22.7 Å². The van der Waals surface area contributed by atoms with Gasteiger partial charge in [-0.05, 0) is 29.7 Å². The van der Waals surface area contributed by atoms with Gasteiger partial charge in [0.05, 0.1) is 0 Å². The molecule has 0 bridgehead atoms. The first-order chi connectivity index (χ1) is 6.84. The first-order valence-corrected chi connectivity index (χ1v) is 5.31. The normalized spacial score (nSPS) is 9.40. The lowest BCUT2D eigenvalue weighted by Crippen LogP contribution is -1.87. The molecule has 1 rings (SSSR count). The molecule has 0 aromatic heterocycles. The second-order valence-corrected chi connectivity index (χ2v) is 4.29. The Morgan fingerprint density at radius 1 is 1.40 bits per heavy atom. The van der Waals surface area contributed by atoms with Crippen molar-refractivity contribution in [1.82, 2.24) is 0 Å². The predicted molar refractivity (Wildman–Crippen MR) is 63.2 cm³/mol. The minimum absolute atomic E-state index is 0.368. The van der Waals surface area contributed by atoms with E-state index in [2.05, 4.69) is 29.8 Å². The van der Waals surface area contributed by atoms with Gasteiger partial charge in [0.1, 0.15) is 5.75 Å². The van der Waals surface area contributed by atoms with Gasteiger partial charge in [-0.15, -0.1) is 0 Å². The molecule has 0 atom stereocenters. The lowest BCUT2D eigenvalue weighted by Gasteiger charge is -2.07. The maximum Gasteiger partial charge on any atom is 0.300 e. The molecule has 1 aromatic carbocycles. The van der Waals surface area contributed by atoms with Crippen LogP contribution in [0.1, 0.15) is 32.3 Å². The topological polar surface area (TPSA) is 57.5 Å². The van der Waals surface area contributed by atoms with E-state index in [1.165, 1.54) is 0 Å². The van der Waals surface area contributed by atoms with E-state index < -0.39 is 5.97 Å². The van der Waals surface area contributed by atoms with Gasteiger partial charge in [-0.1, -0.05) is 29.8 Å². The van der Waals surface area contributed by atoms with Crippen molar-refractivity contribution in [1.29, 1.82) is 0 Å². The molecule has 0 saturated carbocycles. The molecule has 84 valence electrons. The summed E-state index contributed by atoms with van der Waals surface area (Å²) in [6.07, 6.45) is 0. The summed E-state index contributed by atoms with van der Waals surface area (Å²) in [6, 6.07) is 5.49. The van der Waals surface area contributed by atoms with Crippen LogP contribution in [-0.2, 0) is 4.79 Å². The number of halogens is 1. The molecule has 0 unspecified atom stereocenters. The summed E-state index contributed by atoms with van der Waals surface area (Å²) < 4.78 is 1.01. The average molecular weight is 275 g/mol. The van der Waals surface area contributed by atoms with E-state index in [-0.39, 0.29) is 0 Å². The van der Waals surface area contributed by atoms with Crippen molar-refractivity contribution < 1.29 is 15.0 Å². The highest BCUT2D eigenvalue weighted by Crippen LogP contribution is 2.27. The van der Waals surface area contributed by atoms with Crippen molar-refractivity contribution in [3.63, 3.8) is 0 Å². The summed E-state index contributed by atoms with van der Waals surface area (Å²) >= 11 is 3.35. The summed E-state index contributed by atoms with van der Waals surface area (Å²) in [5, 5.41) is 16.8. The fraction of sp³-hybridized carbons (Fsp3) is 0.364. The van der Waals surface area contributed by atoms with Gasteiger partial charge in [0, 0.05) is 11.4 Å². The van der Waals surface area contributed by atoms with Crippen LogP contribution >= 0.6 is 15.9 Å². The third-order valence-corrected chi connectivity index (χ3v) is 2.10. The van der Waals surface area contributed by atoms with Crippen molar-refractivity contribution in [2.75, 3.05) is 0 Å². The van der Waals surface area contributed by atoms with Gasteiger partial charge in [-0.3, -0.25) is 4.79 Å². The zero-order valence-electron chi connectivity index (χ0n) is 8.99. The number of benzene rings is 1. The molecule has 0 aliphatic heterocycles. The lowest BCUT2D eigenvalue weighted by atomic mass is 10.0. The van der Waals surface area contributed by atoms with Crippen LogP contribution in [0.2, 0.25) is 0 Å². The quantitative estimate of drug-likeness (QED) is 0.826. The van der Waals surface area contributed by atoms with Gasteiger partial charge in [-0.2, -0.15) is 0 Å². The summed E-state index contributed by atoms with van der Waals surface area (Å²) in [5.41, 5.74) is 0.986. The van der Waals surface area contributed by atoms with Gasteiger partial charge < -0.3 is 10.2 Å². The Labute approximate surface area is 97.9 Å². The number of aliphatic carboxylic acids is 1. The van der Waals surface area contributed by atoms with Crippen molar-refractivity contribution >= 4 is 21.9 Å². The number of carboxylic acid groups (broad SMARTS) is 1. The van der Waals surface area contributed by atoms with E-state index in [9.17, 15) is 5.11 Å². The molecular formula is C11H15BrO3. The molecule has 0 aliphatic rings. The van der Waals surface area contributed by atoms with E-state index in [0.717, 1.165) is 17.0 Å². The Morgan fingerprint density at radius 3 is 2.20 bits per heavy atom. The zero-order valence-corrected chi connectivity index (χ0v) is 10.6. The Bertz CT molecular complexity index is 331. The standard InChI is InChI=1S/C9H11BrO.C2H4O2/c1-6(2)8-5-7(10)3-4-9(8)11;1-2(3)4/h3-6,11H,1-2H3;1H3,(H,3,4). The Morgan fingerprint density at radius 2 is 1.87 bits per heavy atom. The van der Waals surface area contributed by atoms with E-state index in [0.29, 0.717) is 11.7 Å². The monoisotopic (exact) mass is 274 g/mol. The molecule has 15 heavy (non-hydrogen) atoms. The highest BCUT2D eigenvalue weighted by Gasteiger charge is 2.04. The van der Waals surface area contributed by atoms with Crippen LogP contribution in [-0.4, -0.2) is 16.2 Å². The lowest BCUT2D eigenvalue weighted by molar-refractivity contribution is -0.134. The van der Waals surface area contributed by atoms with Gasteiger partial charge in [-0.25, -0.2) is 0 Å². The van der Waals surface area contributed by atoms with Gasteiger partial charge >= 0.3 is 0 Å². The van der Waals surface area contributed by atoms with Crippen LogP contribution in [0.3, 0.4) is 0 Å². The average Bonchev–Trinajstić information content (AvgIpc) is 2.08. The highest BCUT2D eigenvalue weighted by molar-refractivity contribution is 9.10. The largest absolute Gasteiger partial charge is 0.508 e. The fourth-order valence-electron chi connectivity index (χ4n) is 0.988. The minimum atomic E-state index is -0.833. The summed E-state index contributed by atoms with van der Waals surface area (Å²) in [5.74, 6) is -0.0873. The smallest absolute Gasteiger partial charge is 0.300 e. The maximum atomic E-state index is 9.38. The van der Waals surface area contributed by atoms with Crippen LogP contribution in [0.5, 0.6) is 5.75 Å². The molecule has 0 amide bonds. The number of carbonyl (C=O) groups is 1. The second kappa shape index (κ2) is 6.45. The third-order valence-electron chi connectivity index (χ3n) is 1.61. The van der Waals surface area contributed by atoms with E-state index in [1.807, 2.05) is 12.1 Å². The first kappa shape index (κ1) is 14.0. The highest BCUT2D eigenvalue weighted by atomic mass is 79.9. The van der Waals surface area contributed by atoms with Gasteiger partial charge in [0.2, 0.25) is 0 Å².